The summed E-state index contributed by atoms with van der Waals surface area (Å²) in [6.07, 6.45) is 1.58. The summed E-state index contributed by atoms with van der Waals surface area (Å²) in [6.45, 7) is 9.07. The third kappa shape index (κ3) is 4.07. The van der Waals surface area contributed by atoms with Gasteiger partial charge in [0.25, 0.3) is 0 Å². The van der Waals surface area contributed by atoms with Crippen LogP contribution in [0, 0.1) is 11.3 Å². The van der Waals surface area contributed by atoms with E-state index in [1.807, 2.05) is 0 Å². The van der Waals surface area contributed by atoms with Gasteiger partial charge in [-0.05, 0) is 24.3 Å². The molecule has 0 amide bonds. The Labute approximate surface area is 109 Å². The summed E-state index contributed by atoms with van der Waals surface area (Å²) < 4.78 is 10.7. The second-order valence-electron chi connectivity index (χ2n) is 5.91. The molecule has 5 nitrogen and oxygen atoms in total. The van der Waals surface area contributed by atoms with Crippen molar-refractivity contribution in [2.75, 3.05) is 13.7 Å². The van der Waals surface area contributed by atoms with E-state index < -0.39 is 0 Å². The van der Waals surface area contributed by atoms with Crippen molar-refractivity contribution in [3.8, 4) is 0 Å². The monoisotopic (exact) mass is 255 g/mol. The number of ether oxygens (including phenoxy) is 1. The standard InChI is InChI=1S/C13H25N3O2/c1-9(8-14)6-7-10-15-12(16-18-10)11(17-5)13(2,3)4/h9,11H,6-8,14H2,1-5H3. The first kappa shape index (κ1) is 15.1. The number of nitrogens with two attached hydrogens (primary N) is 1. The molecule has 1 heterocycles. The lowest BCUT2D eigenvalue weighted by molar-refractivity contribution is 0.00718. The molecule has 0 aliphatic rings. The van der Waals surface area contributed by atoms with Crippen LogP contribution in [-0.2, 0) is 11.2 Å². The van der Waals surface area contributed by atoms with E-state index in [-0.39, 0.29) is 11.5 Å². The normalized spacial score (nSPS) is 15.7. The van der Waals surface area contributed by atoms with Crippen molar-refractivity contribution in [1.29, 1.82) is 0 Å². The molecule has 2 unspecified atom stereocenters. The van der Waals surface area contributed by atoms with Gasteiger partial charge in [0.15, 0.2) is 0 Å². The maximum Gasteiger partial charge on any atom is 0.226 e. The molecular formula is C13H25N3O2. The lowest BCUT2D eigenvalue weighted by Crippen LogP contribution is -2.21. The van der Waals surface area contributed by atoms with Gasteiger partial charge in [-0.2, -0.15) is 4.98 Å². The summed E-state index contributed by atoms with van der Waals surface area (Å²) in [5, 5.41) is 4.02. The van der Waals surface area contributed by atoms with E-state index in [1.165, 1.54) is 0 Å². The summed E-state index contributed by atoms with van der Waals surface area (Å²) in [7, 11) is 1.67. The van der Waals surface area contributed by atoms with Crippen LogP contribution in [0.1, 0.15) is 51.9 Å². The van der Waals surface area contributed by atoms with Gasteiger partial charge < -0.3 is 15.0 Å². The van der Waals surface area contributed by atoms with Gasteiger partial charge >= 0.3 is 0 Å². The Bertz CT molecular complexity index is 357. The molecule has 0 aromatic carbocycles. The smallest absolute Gasteiger partial charge is 0.226 e. The van der Waals surface area contributed by atoms with E-state index in [4.69, 9.17) is 15.0 Å². The van der Waals surface area contributed by atoms with E-state index >= 15 is 0 Å². The van der Waals surface area contributed by atoms with E-state index in [2.05, 4.69) is 37.8 Å². The van der Waals surface area contributed by atoms with Crippen LogP contribution in [0.15, 0.2) is 4.52 Å². The van der Waals surface area contributed by atoms with E-state index in [0.717, 1.165) is 12.8 Å². The summed E-state index contributed by atoms with van der Waals surface area (Å²) >= 11 is 0. The third-order valence-electron chi connectivity index (χ3n) is 2.99. The van der Waals surface area contributed by atoms with Gasteiger partial charge in [0.05, 0.1) is 0 Å². The molecule has 2 N–H and O–H groups in total. The third-order valence-corrected chi connectivity index (χ3v) is 2.99. The lowest BCUT2D eigenvalue weighted by Gasteiger charge is -2.26. The highest BCUT2D eigenvalue weighted by Gasteiger charge is 2.30. The molecule has 0 spiro atoms. The molecular weight excluding hydrogens is 230 g/mol. The Morgan fingerprint density at radius 3 is 2.56 bits per heavy atom. The molecule has 18 heavy (non-hydrogen) atoms. The summed E-state index contributed by atoms with van der Waals surface area (Å²) in [6, 6.07) is 0. The van der Waals surface area contributed by atoms with Gasteiger partial charge in [-0.15, -0.1) is 0 Å². The second kappa shape index (κ2) is 6.29. The Kier molecular flexibility index (Phi) is 5.28. The highest BCUT2D eigenvalue weighted by atomic mass is 16.5. The fourth-order valence-corrected chi connectivity index (χ4v) is 1.81. The van der Waals surface area contributed by atoms with Crippen LogP contribution in [0.5, 0.6) is 0 Å². The maximum absolute atomic E-state index is 5.58. The Balaban J connectivity index is 2.67. The molecule has 1 aromatic heterocycles. The van der Waals surface area contributed by atoms with Crippen LogP contribution in [-0.4, -0.2) is 23.8 Å². The zero-order chi connectivity index (χ0) is 13.8. The first-order valence-electron chi connectivity index (χ1n) is 6.43. The Hall–Kier alpha value is -0.940. The molecule has 2 atom stereocenters. The summed E-state index contributed by atoms with van der Waals surface area (Å²) in [4.78, 5) is 4.41. The van der Waals surface area contributed by atoms with Crippen LogP contribution in [0.2, 0.25) is 0 Å². The Morgan fingerprint density at radius 1 is 1.39 bits per heavy atom. The molecule has 1 aromatic rings. The average Bonchev–Trinajstić information content (AvgIpc) is 2.73. The average molecular weight is 255 g/mol. The number of aromatic nitrogens is 2. The topological polar surface area (TPSA) is 74.2 Å². The predicted molar refractivity (Wildman–Crippen MR) is 70.0 cm³/mol. The highest BCUT2D eigenvalue weighted by molar-refractivity contribution is 4.96. The number of hydrogen-bond donors (Lipinski definition) is 1. The van der Waals surface area contributed by atoms with E-state index in [0.29, 0.717) is 24.2 Å². The van der Waals surface area contributed by atoms with Crippen molar-refractivity contribution in [1.82, 2.24) is 10.1 Å². The van der Waals surface area contributed by atoms with Crippen LogP contribution < -0.4 is 5.73 Å². The molecule has 0 saturated heterocycles. The molecule has 5 heteroatoms. The van der Waals surface area contributed by atoms with Crippen molar-refractivity contribution < 1.29 is 9.26 Å². The summed E-state index contributed by atoms with van der Waals surface area (Å²) in [5.41, 5.74) is 5.53. The van der Waals surface area contributed by atoms with Crippen molar-refractivity contribution in [2.45, 2.75) is 46.6 Å². The van der Waals surface area contributed by atoms with Gasteiger partial charge in [-0.3, -0.25) is 0 Å². The zero-order valence-electron chi connectivity index (χ0n) is 12.1. The van der Waals surface area contributed by atoms with Gasteiger partial charge in [0, 0.05) is 13.5 Å². The van der Waals surface area contributed by atoms with E-state index in [9.17, 15) is 0 Å². The molecule has 104 valence electrons. The fraction of sp³-hybridized carbons (Fsp3) is 0.846. The van der Waals surface area contributed by atoms with Crippen molar-refractivity contribution in [2.24, 2.45) is 17.1 Å². The van der Waals surface area contributed by atoms with E-state index in [1.54, 1.807) is 7.11 Å². The van der Waals surface area contributed by atoms with Gasteiger partial charge in [0.1, 0.15) is 6.10 Å². The first-order chi connectivity index (χ1) is 8.38. The van der Waals surface area contributed by atoms with Crippen molar-refractivity contribution in [3.63, 3.8) is 0 Å². The largest absolute Gasteiger partial charge is 0.373 e. The van der Waals surface area contributed by atoms with Crippen LogP contribution in [0.3, 0.4) is 0 Å². The molecule has 0 radical (unpaired) electrons. The minimum atomic E-state index is -0.151. The quantitative estimate of drug-likeness (QED) is 0.844. The minimum Gasteiger partial charge on any atom is -0.373 e. The SMILES string of the molecule is COC(c1noc(CCC(C)CN)n1)C(C)(C)C. The maximum atomic E-state index is 5.58. The van der Waals surface area contributed by atoms with Crippen molar-refractivity contribution in [3.05, 3.63) is 11.7 Å². The minimum absolute atomic E-state index is 0.0551. The number of nitrogens with zero attached hydrogens (tertiary/aromatic N) is 2. The fourth-order valence-electron chi connectivity index (χ4n) is 1.81. The van der Waals surface area contributed by atoms with Gasteiger partial charge in [-0.1, -0.05) is 32.9 Å². The number of aryl methyl sites for hydroxylation is 1. The van der Waals surface area contributed by atoms with Crippen LogP contribution in [0.4, 0.5) is 0 Å². The molecule has 0 saturated carbocycles. The zero-order valence-corrected chi connectivity index (χ0v) is 12.1. The van der Waals surface area contributed by atoms with Crippen LogP contribution >= 0.6 is 0 Å². The van der Waals surface area contributed by atoms with Crippen molar-refractivity contribution >= 4 is 0 Å². The molecule has 1 rings (SSSR count). The second-order valence-corrected chi connectivity index (χ2v) is 5.91. The highest BCUT2D eigenvalue weighted by Crippen LogP contribution is 2.33. The van der Waals surface area contributed by atoms with Gasteiger partial charge in [0.2, 0.25) is 11.7 Å². The number of hydrogen-bond acceptors (Lipinski definition) is 5. The Morgan fingerprint density at radius 2 is 2.06 bits per heavy atom. The lowest BCUT2D eigenvalue weighted by atomic mass is 9.88. The molecule has 0 aliphatic heterocycles. The van der Waals surface area contributed by atoms with Crippen LogP contribution in [0.25, 0.3) is 0 Å². The molecule has 0 bridgehead atoms. The molecule has 0 aliphatic carbocycles. The molecule has 0 fully saturated rings. The number of methoxy groups -OCH3 is 1. The van der Waals surface area contributed by atoms with Gasteiger partial charge in [-0.25, -0.2) is 0 Å². The summed E-state index contributed by atoms with van der Waals surface area (Å²) in [5.74, 6) is 1.76. The first-order valence-corrected chi connectivity index (χ1v) is 6.43. The predicted octanol–water partition coefficient (Wildman–Crippen LogP) is 2.33. The number of rotatable bonds is 6.